The lowest BCUT2D eigenvalue weighted by molar-refractivity contribution is 0.284. The molecule has 0 aromatic carbocycles. The van der Waals surface area contributed by atoms with E-state index in [2.05, 4.69) is 28.9 Å². The van der Waals surface area contributed by atoms with Crippen molar-refractivity contribution < 1.29 is 0 Å². The van der Waals surface area contributed by atoms with Crippen LogP contribution in [-0.2, 0) is 6.54 Å². The summed E-state index contributed by atoms with van der Waals surface area (Å²) in [6.45, 7) is 7.50. The van der Waals surface area contributed by atoms with Crippen molar-refractivity contribution in [2.75, 3.05) is 13.1 Å². The molecule has 2 atom stereocenters. The molecule has 19 heavy (non-hydrogen) atoms. The van der Waals surface area contributed by atoms with Crippen LogP contribution in [0.15, 0.2) is 6.20 Å². The minimum Gasteiger partial charge on any atom is -0.316 e. The molecule has 1 fully saturated rings. The Morgan fingerprint density at radius 1 is 1.37 bits per heavy atom. The maximum Gasteiger partial charge on any atom is 0.0820 e. The van der Waals surface area contributed by atoms with E-state index in [0.29, 0.717) is 11.8 Å². The molecule has 0 amide bonds. The Labute approximate surface area is 121 Å². The summed E-state index contributed by atoms with van der Waals surface area (Å²) in [5.74, 6) is 1.29. The second-order valence-electron chi connectivity index (χ2n) is 5.55. The second kappa shape index (κ2) is 7.30. The first-order chi connectivity index (χ1) is 9.27. The number of hydrogen-bond acceptors (Lipinski definition) is 2. The zero-order chi connectivity index (χ0) is 13.7. The minimum absolute atomic E-state index is 0.577. The number of hydrogen-bond donors (Lipinski definition) is 1. The number of aromatic nitrogens is 2. The van der Waals surface area contributed by atoms with Crippen molar-refractivity contribution in [3.05, 3.63) is 16.9 Å². The monoisotopic (exact) mass is 283 g/mol. The maximum atomic E-state index is 6.38. The summed E-state index contributed by atoms with van der Waals surface area (Å²) in [6, 6.07) is 0. The lowest BCUT2D eigenvalue weighted by atomic mass is 9.77. The van der Waals surface area contributed by atoms with Gasteiger partial charge in [0.2, 0.25) is 0 Å². The van der Waals surface area contributed by atoms with Gasteiger partial charge in [-0.1, -0.05) is 31.4 Å². The Hall–Kier alpha value is -0.540. The summed E-state index contributed by atoms with van der Waals surface area (Å²) in [5, 5.41) is 8.84. The van der Waals surface area contributed by atoms with Gasteiger partial charge in [-0.15, -0.1) is 0 Å². The third-order valence-electron chi connectivity index (χ3n) is 4.23. The van der Waals surface area contributed by atoms with Gasteiger partial charge >= 0.3 is 0 Å². The van der Waals surface area contributed by atoms with Crippen LogP contribution >= 0.6 is 11.6 Å². The molecule has 2 rings (SSSR count). The molecule has 1 aromatic rings. The summed E-state index contributed by atoms with van der Waals surface area (Å²) in [4.78, 5) is 0. The molecular formula is C15H26ClN3. The van der Waals surface area contributed by atoms with Crippen LogP contribution in [-0.4, -0.2) is 22.9 Å². The van der Waals surface area contributed by atoms with Crippen molar-refractivity contribution in [3.8, 4) is 0 Å². The van der Waals surface area contributed by atoms with E-state index in [1.165, 1.54) is 37.8 Å². The normalized spacial score (nSPS) is 23.7. The molecule has 108 valence electrons. The van der Waals surface area contributed by atoms with Crippen molar-refractivity contribution in [3.63, 3.8) is 0 Å². The first-order valence-corrected chi connectivity index (χ1v) is 8.07. The van der Waals surface area contributed by atoms with E-state index in [9.17, 15) is 0 Å². The Morgan fingerprint density at radius 2 is 2.16 bits per heavy atom. The molecule has 4 heteroatoms. The van der Waals surface area contributed by atoms with E-state index >= 15 is 0 Å². The molecular weight excluding hydrogens is 258 g/mol. The molecule has 0 radical (unpaired) electrons. The molecule has 1 saturated carbocycles. The standard InChI is InChI=1S/C15H26ClN3/c1-3-9-17-10-12-7-5-6-8-13(12)15-14(16)11-18-19(15)4-2/h11-13,17H,3-10H2,1-2H3. The van der Waals surface area contributed by atoms with Crippen LogP contribution in [0, 0.1) is 5.92 Å². The number of aryl methyl sites for hydroxylation is 1. The first-order valence-electron chi connectivity index (χ1n) is 7.69. The van der Waals surface area contributed by atoms with E-state index in [1.807, 2.05) is 6.20 Å². The van der Waals surface area contributed by atoms with Crippen molar-refractivity contribution in [1.82, 2.24) is 15.1 Å². The fourth-order valence-electron chi connectivity index (χ4n) is 3.27. The van der Waals surface area contributed by atoms with E-state index in [-0.39, 0.29) is 0 Å². The van der Waals surface area contributed by atoms with Crippen molar-refractivity contribution in [2.45, 2.75) is 58.4 Å². The lowest BCUT2D eigenvalue weighted by Gasteiger charge is -2.32. The molecule has 0 bridgehead atoms. The number of halogens is 1. The summed E-state index contributed by atoms with van der Waals surface area (Å²) in [6.07, 6.45) is 8.25. The molecule has 2 unspecified atom stereocenters. The minimum atomic E-state index is 0.577. The predicted molar refractivity (Wildman–Crippen MR) is 80.8 cm³/mol. The Balaban J connectivity index is 2.11. The van der Waals surface area contributed by atoms with Crippen LogP contribution in [0.25, 0.3) is 0 Å². The predicted octanol–water partition coefficient (Wildman–Crippen LogP) is 3.83. The highest BCUT2D eigenvalue weighted by Gasteiger charge is 2.30. The summed E-state index contributed by atoms with van der Waals surface area (Å²) < 4.78 is 2.09. The highest BCUT2D eigenvalue weighted by atomic mass is 35.5. The van der Waals surface area contributed by atoms with E-state index in [0.717, 1.165) is 24.7 Å². The van der Waals surface area contributed by atoms with Crippen LogP contribution in [0.3, 0.4) is 0 Å². The number of nitrogens with one attached hydrogen (secondary N) is 1. The Bertz CT molecular complexity index is 389. The van der Waals surface area contributed by atoms with Gasteiger partial charge in [-0.2, -0.15) is 5.10 Å². The molecule has 1 aromatic heterocycles. The van der Waals surface area contributed by atoms with Crippen LogP contribution in [0.1, 0.15) is 57.6 Å². The van der Waals surface area contributed by atoms with E-state index in [4.69, 9.17) is 11.6 Å². The Morgan fingerprint density at radius 3 is 2.89 bits per heavy atom. The van der Waals surface area contributed by atoms with Gasteiger partial charge < -0.3 is 5.32 Å². The highest BCUT2D eigenvalue weighted by molar-refractivity contribution is 6.31. The molecule has 1 N–H and O–H groups in total. The smallest absolute Gasteiger partial charge is 0.0820 e. The van der Waals surface area contributed by atoms with Crippen molar-refractivity contribution in [2.24, 2.45) is 5.92 Å². The number of nitrogens with zero attached hydrogens (tertiary/aromatic N) is 2. The van der Waals surface area contributed by atoms with E-state index < -0.39 is 0 Å². The molecule has 0 saturated heterocycles. The maximum absolute atomic E-state index is 6.38. The lowest BCUT2D eigenvalue weighted by Crippen LogP contribution is -2.31. The topological polar surface area (TPSA) is 29.9 Å². The van der Waals surface area contributed by atoms with Gasteiger partial charge in [0.25, 0.3) is 0 Å². The molecule has 1 aliphatic carbocycles. The van der Waals surface area contributed by atoms with Gasteiger partial charge in [0.15, 0.2) is 0 Å². The fraction of sp³-hybridized carbons (Fsp3) is 0.800. The van der Waals surface area contributed by atoms with Gasteiger partial charge in [0.1, 0.15) is 0 Å². The van der Waals surface area contributed by atoms with Gasteiger partial charge in [-0.05, 0) is 45.2 Å². The van der Waals surface area contributed by atoms with Gasteiger partial charge in [0.05, 0.1) is 16.9 Å². The Kier molecular flexibility index (Phi) is 5.71. The van der Waals surface area contributed by atoms with E-state index in [1.54, 1.807) is 0 Å². The average molecular weight is 284 g/mol. The summed E-state index contributed by atoms with van der Waals surface area (Å²) >= 11 is 6.38. The quantitative estimate of drug-likeness (QED) is 0.804. The van der Waals surface area contributed by atoms with Gasteiger partial charge in [-0.25, -0.2) is 0 Å². The molecule has 1 heterocycles. The molecule has 0 spiro atoms. The molecule has 3 nitrogen and oxygen atoms in total. The van der Waals surface area contributed by atoms with Crippen LogP contribution in [0.4, 0.5) is 0 Å². The van der Waals surface area contributed by atoms with Crippen LogP contribution in [0.2, 0.25) is 5.02 Å². The molecule has 0 aliphatic heterocycles. The number of rotatable bonds is 6. The summed E-state index contributed by atoms with van der Waals surface area (Å²) in [7, 11) is 0. The SMILES string of the molecule is CCCNCC1CCCCC1c1c(Cl)cnn1CC. The van der Waals surface area contributed by atoms with Gasteiger partial charge in [0, 0.05) is 12.5 Å². The van der Waals surface area contributed by atoms with Crippen LogP contribution in [0.5, 0.6) is 0 Å². The zero-order valence-electron chi connectivity index (χ0n) is 12.2. The van der Waals surface area contributed by atoms with Crippen LogP contribution < -0.4 is 5.32 Å². The van der Waals surface area contributed by atoms with Crippen molar-refractivity contribution >= 4 is 11.6 Å². The average Bonchev–Trinajstić information content (AvgIpc) is 2.81. The van der Waals surface area contributed by atoms with Gasteiger partial charge in [-0.3, -0.25) is 4.68 Å². The largest absolute Gasteiger partial charge is 0.316 e. The first kappa shape index (κ1) is 14.9. The zero-order valence-corrected chi connectivity index (χ0v) is 12.9. The van der Waals surface area contributed by atoms with Crippen molar-refractivity contribution in [1.29, 1.82) is 0 Å². The molecule has 1 aliphatic rings. The second-order valence-corrected chi connectivity index (χ2v) is 5.96. The highest BCUT2D eigenvalue weighted by Crippen LogP contribution is 2.40. The summed E-state index contributed by atoms with van der Waals surface area (Å²) in [5.41, 5.74) is 1.27. The third kappa shape index (κ3) is 3.51. The fourth-order valence-corrected chi connectivity index (χ4v) is 3.55. The third-order valence-corrected chi connectivity index (χ3v) is 4.52.